The summed E-state index contributed by atoms with van der Waals surface area (Å²) in [5.41, 5.74) is 0.656. The van der Waals surface area contributed by atoms with Crippen molar-refractivity contribution in [3.8, 4) is 0 Å². The molecule has 1 atom stereocenters. The summed E-state index contributed by atoms with van der Waals surface area (Å²) in [5.74, 6) is 0. The first-order valence-corrected chi connectivity index (χ1v) is 5.22. The van der Waals surface area contributed by atoms with E-state index in [1.807, 2.05) is 0 Å². The lowest BCUT2D eigenvalue weighted by Gasteiger charge is -2.26. The first-order valence-electron chi connectivity index (χ1n) is 5.22. The van der Waals surface area contributed by atoms with Crippen molar-refractivity contribution < 1.29 is 4.74 Å². The van der Waals surface area contributed by atoms with Crippen molar-refractivity contribution in [2.24, 2.45) is 10.8 Å². The molecule has 1 nitrogen and oxygen atoms in total. The van der Waals surface area contributed by atoms with Crippen LogP contribution >= 0.6 is 0 Å². The Morgan fingerprint density at radius 2 is 1.38 bits per heavy atom. The molecule has 0 N–H and O–H groups in total. The largest absolute Gasteiger partial charge is 0.378 e. The number of rotatable bonds is 3. The maximum atomic E-state index is 5.78. The third-order valence-electron chi connectivity index (χ3n) is 1.70. The molecule has 1 heteroatoms. The van der Waals surface area contributed by atoms with Gasteiger partial charge in [0.2, 0.25) is 0 Å². The van der Waals surface area contributed by atoms with Gasteiger partial charge in [-0.15, -0.1) is 0 Å². The monoisotopic (exact) mass is 186 g/mol. The van der Waals surface area contributed by atoms with Crippen LogP contribution in [0, 0.1) is 10.8 Å². The van der Waals surface area contributed by atoms with E-state index in [2.05, 4.69) is 48.5 Å². The summed E-state index contributed by atoms with van der Waals surface area (Å²) in [6, 6.07) is 0. The van der Waals surface area contributed by atoms with Gasteiger partial charge in [-0.3, -0.25) is 0 Å². The van der Waals surface area contributed by atoms with E-state index >= 15 is 0 Å². The van der Waals surface area contributed by atoms with Crippen LogP contribution in [0.4, 0.5) is 0 Å². The zero-order chi connectivity index (χ0) is 10.7. The topological polar surface area (TPSA) is 9.23 Å². The first-order chi connectivity index (χ1) is 5.60. The van der Waals surface area contributed by atoms with E-state index in [1.54, 1.807) is 0 Å². The molecule has 0 aliphatic rings. The molecule has 0 amide bonds. The van der Waals surface area contributed by atoms with Crippen LogP contribution in [0.25, 0.3) is 0 Å². The Balaban J connectivity index is 3.70. The summed E-state index contributed by atoms with van der Waals surface area (Å²) in [6.45, 7) is 16.4. The van der Waals surface area contributed by atoms with Crippen molar-refractivity contribution in [2.45, 2.75) is 61.0 Å². The second kappa shape index (κ2) is 4.45. The van der Waals surface area contributed by atoms with E-state index < -0.39 is 0 Å². The molecule has 80 valence electrons. The number of ether oxygens (including phenoxy) is 1. The average molecular weight is 186 g/mol. The Labute approximate surface area is 83.9 Å². The van der Waals surface area contributed by atoms with Crippen molar-refractivity contribution in [1.29, 1.82) is 0 Å². The van der Waals surface area contributed by atoms with Gasteiger partial charge >= 0.3 is 0 Å². The van der Waals surface area contributed by atoms with Crippen LogP contribution in [0.15, 0.2) is 0 Å². The molecule has 0 spiro atoms. The van der Waals surface area contributed by atoms with Crippen LogP contribution in [0.5, 0.6) is 0 Å². The summed E-state index contributed by atoms with van der Waals surface area (Å²) in [7, 11) is 0. The van der Waals surface area contributed by atoms with Crippen molar-refractivity contribution in [3.63, 3.8) is 0 Å². The first kappa shape index (κ1) is 13.0. The lowest BCUT2D eigenvalue weighted by molar-refractivity contribution is -0.000957. The van der Waals surface area contributed by atoms with E-state index in [0.29, 0.717) is 11.5 Å². The molecule has 0 unspecified atom stereocenters. The fraction of sp³-hybridized carbons (Fsp3) is 1.00. The summed E-state index contributed by atoms with van der Waals surface area (Å²) in [5, 5.41) is 0. The molecule has 0 heterocycles. The van der Waals surface area contributed by atoms with Gasteiger partial charge in [-0.25, -0.2) is 0 Å². The molecule has 0 aliphatic heterocycles. The van der Waals surface area contributed by atoms with Gasteiger partial charge < -0.3 is 4.74 Å². The Morgan fingerprint density at radius 1 is 0.923 bits per heavy atom. The van der Waals surface area contributed by atoms with Gasteiger partial charge in [-0.05, 0) is 24.2 Å². The summed E-state index contributed by atoms with van der Waals surface area (Å²) < 4.78 is 5.78. The second-order valence-electron chi connectivity index (χ2n) is 6.45. The minimum absolute atomic E-state index is 0.284. The molecule has 0 aromatic rings. The van der Waals surface area contributed by atoms with Crippen LogP contribution in [-0.2, 0) is 4.74 Å². The molecule has 0 saturated heterocycles. The van der Waals surface area contributed by atoms with Gasteiger partial charge in [-0.2, -0.15) is 0 Å². The molecule has 0 rings (SSSR count). The van der Waals surface area contributed by atoms with Gasteiger partial charge in [-0.1, -0.05) is 41.5 Å². The minimum Gasteiger partial charge on any atom is -0.378 e. The van der Waals surface area contributed by atoms with Gasteiger partial charge in [0.05, 0.1) is 12.7 Å². The molecule has 0 bridgehead atoms. The van der Waals surface area contributed by atoms with Crippen LogP contribution < -0.4 is 0 Å². The molecule has 0 aliphatic carbocycles. The molecule has 0 fully saturated rings. The van der Waals surface area contributed by atoms with E-state index in [4.69, 9.17) is 4.74 Å². The third-order valence-corrected chi connectivity index (χ3v) is 1.70. The normalized spacial score (nSPS) is 15.9. The number of hydrogen-bond acceptors (Lipinski definition) is 1. The lowest BCUT2D eigenvalue weighted by Crippen LogP contribution is -2.23. The fourth-order valence-corrected chi connectivity index (χ4v) is 1.31. The summed E-state index contributed by atoms with van der Waals surface area (Å²) >= 11 is 0. The standard InChI is InChI=1S/C12H26O/c1-10(8-11(2,3)4)13-9-12(5,6)7/h10H,8-9H2,1-7H3/t10-/m1/s1. The Morgan fingerprint density at radius 3 is 1.69 bits per heavy atom. The van der Waals surface area contributed by atoms with E-state index in [-0.39, 0.29) is 5.41 Å². The third kappa shape index (κ3) is 9.88. The molecule has 0 aromatic heterocycles. The van der Waals surface area contributed by atoms with Gasteiger partial charge in [0.1, 0.15) is 0 Å². The van der Waals surface area contributed by atoms with Crippen LogP contribution in [0.3, 0.4) is 0 Å². The predicted octanol–water partition coefficient (Wildman–Crippen LogP) is 3.87. The van der Waals surface area contributed by atoms with E-state index in [1.165, 1.54) is 0 Å². The highest BCUT2D eigenvalue weighted by atomic mass is 16.5. The molecular formula is C12H26O. The highest BCUT2D eigenvalue weighted by molar-refractivity contribution is 4.67. The SMILES string of the molecule is C[C@H](CC(C)(C)C)OCC(C)(C)C. The van der Waals surface area contributed by atoms with Gasteiger partial charge in [0.15, 0.2) is 0 Å². The van der Waals surface area contributed by atoms with E-state index in [9.17, 15) is 0 Å². The van der Waals surface area contributed by atoms with Crippen molar-refractivity contribution in [3.05, 3.63) is 0 Å². The van der Waals surface area contributed by atoms with Crippen LogP contribution in [-0.4, -0.2) is 12.7 Å². The molecular weight excluding hydrogens is 160 g/mol. The second-order valence-corrected chi connectivity index (χ2v) is 6.45. The zero-order valence-electron chi connectivity index (χ0n) is 10.4. The number of hydrogen-bond donors (Lipinski definition) is 0. The molecule has 0 saturated carbocycles. The maximum Gasteiger partial charge on any atom is 0.0552 e. The van der Waals surface area contributed by atoms with Gasteiger partial charge in [0.25, 0.3) is 0 Å². The highest BCUT2D eigenvalue weighted by Crippen LogP contribution is 2.23. The van der Waals surface area contributed by atoms with Gasteiger partial charge in [0, 0.05) is 0 Å². The van der Waals surface area contributed by atoms with Crippen LogP contribution in [0.1, 0.15) is 54.9 Å². The maximum absolute atomic E-state index is 5.78. The Kier molecular flexibility index (Phi) is 4.44. The quantitative estimate of drug-likeness (QED) is 0.650. The van der Waals surface area contributed by atoms with Crippen molar-refractivity contribution in [1.82, 2.24) is 0 Å². The zero-order valence-corrected chi connectivity index (χ0v) is 10.4. The van der Waals surface area contributed by atoms with E-state index in [0.717, 1.165) is 13.0 Å². The van der Waals surface area contributed by atoms with Crippen LogP contribution in [0.2, 0.25) is 0 Å². The lowest BCUT2D eigenvalue weighted by atomic mass is 9.89. The Hall–Kier alpha value is -0.0400. The average Bonchev–Trinajstić information content (AvgIpc) is 1.78. The van der Waals surface area contributed by atoms with Crippen molar-refractivity contribution in [2.75, 3.05) is 6.61 Å². The molecule has 13 heavy (non-hydrogen) atoms. The smallest absolute Gasteiger partial charge is 0.0552 e. The minimum atomic E-state index is 0.284. The van der Waals surface area contributed by atoms with Crippen molar-refractivity contribution >= 4 is 0 Å². The summed E-state index contributed by atoms with van der Waals surface area (Å²) in [6.07, 6.45) is 1.50. The molecule has 0 radical (unpaired) electrons. The fourth-order valence-electron chi connectivity index (χ4n) is 1.31. The highest BCUT2D eigenvalue weighted by Gasteiger charge is 2.18. The summed E-state index contributed by atoms with van der Waals surface area (Å²) in [4.78, 5) is 0. The predicted molar refractivity (Wildman–Crippen MR) is 58.9 cm³/mol. The molecule has 0 aromatic carbocycles. The Bertz CT molecular complexity index is 136.